The molecule has 0 atom stereocenters. The minimum absolute atomic E-state index is 0.114. The molecule has 0 aromatic heterocycles. The second-order valence-electron chi connectivity index (χ2n) is 6.13. The highest BCUT2D eigenvalue weighted by Crippen LogP contribution is 2.21. The fraction of sp³-hybridized carbons (Fsp3) is 0.0909. The van der Waals surface area contributed by atoms with Crippen LogP contribution in [-0.4, -0.2) is 18.4 Å². The Bertz CT molecular complexity index is 973. The molecular weight excluding hydrogens is 420 g/mol. The van der Waals surface area contributed by atoms with Gasteiger partial charge in [0.25, 0.3) is 5.91 Å². The molecule has 142 valence electrons. The van der Waals surface area contributed by atoms with Crippen molar-refractivity contribution in [2.75, 3.05) is 11.9 Å². The van der Waals surface area contributed by atoms with Crippen molar-refractivity contribution < 1.29 is 14.3 Å². The summed E-state index contributed by atoms with van der Waals surface area (Å²) in [6.07, 6.45) is 0. The minimum Gasteiger partial charge on any atom is -0.457 e. The van der Waals surface area contributed by atoms with Crippen LogP contribution in [0.25, 0.3) is 0 Å². The smallest absolute Gasteiger partial charge is 0.251 e. The Morgan fingerprint density at radius 1 is 0.929 bits per heavy atom. The molecule has 0 aliphatic heterocycles. The number of ether oxygens (including phenoxy) is 1. The monoisotopic (exact) mass is 438 g/mol. The number of carbonyl (C=O) groups excluding carboxylic acids is 2. The number of carbonyl (C=O) groups is 2. The standard InChI is InChI=1S/C22H19BrN2O3/c1-15-13-17(23)9-12-20(15)25-21(26)14-24-22(27)16-7-10-19(11-8-16)28-18-5-3-2-4-6-18/h2-13H,14H2,1H3,(H,24,27)(H,25,26). The SMILES string of the molecule is Cc1cc(Br)ccc1NC(=O)CNC(=O)c1ccc(Oc2ccccc2)cc1. The number of halogens is 1. The molecule has 0 aliphatic carbocycles. The fourth-order valence-corrected chi connectivity index (χ4v) is 3.00. The molecule has 5 nitrogen and oxygen atoms in total. The van der Waals surface area contributed by atoms with E-state index >= 15 is 0 Å². The number of para-hydroxylation sites is 1. The maximum atomic E-state index is 12.2. The Hall–Kier alpha value is -3.12. The molecule has 0 radical (unpaired) electrons. The van der Waals surface area contributed by atoms with Crippen molar-refractivity contribution in [2.24, 2.45) is 0 Å². The average molecular weight is 439 g/mol. The van der Waals surface area contributed by atoms with Gasteiger partial charge in [-0.2, -0.15) is 0 Å². The minimum atomic E-state index is -0.325. The number of aryl methyl sites for hydroxylation is 1. The van der Waals surface area contributed by atoms with E-state index in [2.05, 4.69) is 26.6 Å². The van der Waals surface area contributed by atoms with E-state index in [1.54, 1.807) is 24.3 Å². The van der Waals surface area contributed by atoms with Crippen LogP contribution < -0.4 is 15.4 Å². The molecule has 0 heterocycles. The Kier molecular flexibility index (Phi) is 6.45. The third-order valence-electron chi connectivity index (χ3n) is 3.97. The van der Waals surface area contributed by atoms with Gasteiger partial charge in [-0.3, -0.25) is 9.59 Å². The van der Waals surface area contributed by atoms with Gasteiger partial charge >= 0.3 is 0 Å². The lowest BCUT2D eigenvalue weighted by Gasteiger charge is -2.10. The zero-order valence-electron chi connectivity index (χ0n) is 15.2. The van der Waals surface area contributed by atoms with Gasteiger partial charge in [0, 0.05) is 15.7 Å². The van der Waals surface area contributed by atoms with Crippen LogP contribution in [0.1, 0.15) is 15.9 Å². The zero-order valence-corrected chi connectivity index (χ0v) is 16.8. The van der Waals surface area contributed by atoms with Crippen molar-refractivity contribution in [1.29, 1.82) is 0 Å². The molecule has 0 aliphatic rings. The molecule has 3 rings (SSSR count). The maximum Gasteiger partial charge on any atom is 0.251 e. The summed E-state index contributed by atoms with van der Waals surface area (Å²) in [7, 11) is 0. The van der Waals surface area contributed by atoms with E-state index < -0.39 is 0 Å². The number of amides is 2. The van der Waals surface area contributed by atoms with Crippen LogP contribution in [0.4, 0.5) is 5.69 Å². The Balaban J connectivity index is 1.52. The van der Waals surface area contributed by atoms with Gasteiger partial charge in [-0.15, -0.1) is 0 Å². The van der Waals surface area contributed by atoms with E-state index in [4.69, 9.17) is 4.74 Å². The van der Waals surface area contributed by atoms with Crippen LogP contribution >= 0.6 is 15.9 Å². The highest BCUT2D eigenvalue weighted by Gasteiger charge is 2.10. The van der Waals surface area contributed by atoms with Gasteiger partial charge in [-0.25, -0.2) is 0 Å². The second kappa shape index (κ2) is 9.19. The number of rotatable bonds is 6. The van der Waals surface area contributed by atoms with Crippen LogP contribution in [0.15, 0.2) is 77.3 Å². The third kappa shape index (κ3) is 5.44. The molecule has 0 fully saturated rings. The molecule has 0 saturated heterocycles. The van der Waals surface area contributed by atoms with Crippen LogP contribution in [0.3, 0.4) is 0 Å². The van der Waals surface area contributed by atoms with Gasteiger partial charge in [0.2, 0.25) is 5.91 Å². The first-order chi connectivity index (χ1) is 13.5. The Labute approximate surface area is 171 Å². The van der Waals surface area contributed by atoms with Gasteiger partial charge < -0.3 is 15.4 Å². The van der Waals surface area contributed by atoms with Crippen LogP contribution in [-0.2, 0) is 4.79 Å². The molecule has 28 heavy (non-hydrogen) atoms. The molecular formula is C22H19BrN2O3. The molecule has 0 spiro atoms. The van der Waals surface area contributed by atoms with E-state index in [9.17, 15) is 9.59 Å². The molecule has 6 heteroatoms. The quantitative estimate of drug-likeness (QED) is 0.573. The molecule has 2 amide bonds. The lowest BCUT2D eigenvalue weighted by atomic mass is 10.2. The largest absolute Gasteiger partial charge is 0.457 e. The van der Waals surface area contributed by atoms with E-state index in [-0.39, 0.29) is 18.4 Å². The predicted molar refractivity (Wildman–Crippen MR) is 113 cm³/mol. The molecule has 3 aromatic rings. The van der Waals surface area contributed by atoms with Crippen molar-refractivity contribution in [3.8, 4) is 11.5 Å². The topological polar surface area (TPSA) is 67.4 Å². The first kappa shape index (κ1) is 19.6. The molecule has 0 bridgehead atoms. The fourth-order valence-electron chi connectivity index (χ4n) is 2.52. The first-order valence-electron chi connectivity index (χ1n) is 8.68. The summed E-state index contributed by atoms with van der Waals surface area (Å²) < 4.78 is 6.64. The summed E-state index contributed by atoms with van der Waals surface area (Å²) in [6.45, 7) is 1.79. The number of benzene rings is 3. The lowest BCUT2D eigenvalue weighted by Crippen LogP contribution is -2.32. The lowest BCUT2D eigenvalue weighted by molar-refractivity contribution is -0.115. The van der Waals surface area contributed by atoms with Gasteiger partial charge in [-0.05, 0) is 67.1 Å². The third-order valence-corrected chi connectivity index (χ3v) is 4.46. The second-order valence-corrected chi connectivity index (χ2v) is 7.05. The van der Waals surface area contributed by atoms with Gasteiger partial charge in [0.15, 0.2) is 0 Å². The maximum absolute atomic E-state index is 12.2. The van der Waals surface area contributed by atoms with E-state index in [0.29, 0.717) is 17.0 Å². The number of hydrogen-bond donors (Lipinski definition) is 2. The summed E-state index contributed by atoms with van der Waals surface area (Å²) in [5.41, 5.74) is 2.10. The van der Waals surface area contributed by atoms with Crippen LogP contribution in [0.2, 0.25) is 0 Å². The summed E-state index contributed by atoms with van der Waals surface area (Å²) in [4.78, 5) is 24.3. The number of anilines is 1. The van der Waals surface area contributed by atoms with Crippen molar-refractivity contribution in [1.82, 2.24) is 5.32 Å². The molecule has 2 N–H and O–H groups in total. The van der Waals surface area contributed by atoms with Crippen LogP contribution in [0.5, 0.6) is 11.5 Å². The predicted octanol–water partition coefficient (Wildman–Crippen LogP) is 4.92. The van der Waals surface area contributed by atoms with E-state index in [0.717, 1.165) is 15.8 Å². The van der Waals surface area contributed by atoms with E-state index in [1.165, 1.54) is 0 Å². The molecule has 0 saturated carbocycles. The van der Waals surface area contributed by atoms with Crippen molar-refractivity contribution in [3.05, 3.63) is 88.4 Å². The zero-order chi connectivity index (χ0) is 19.9. The Morgan fingerprint density at radius 3 is 2.29 bits per heavy atom. The number of hydrogen-bond acceptors (Lipinski definition) is 3. The highest BCUT2D eigenvalue weighted by atomic mass is 79.9. The van der Waals surface area contributed by atoms with Crippen molar-refractivity contribution in [3.63, 3.8) is 0 Å². The Morgan fingerprint density at radius 2 is 1.61 bits per heavy atom. The summed E-state index contributed by atoms with van der Waals surface area (Å²) in [6, 6.07) is 21.7. The molecule has 3 aromatic carbocycles. The van der Waals surface area contributed by atoms with Gasteiger partial charge in [0.05, 0.1) is 6.54 Å². The normalized spacial score (nSPS) is 10.2. The molecule has 0 unspecified atom stereocenters. The summed E-state index contributed by atoms with van der Waals surface area (Å²) in [5.74, 6) is 0.738. The average Bonchev–Trinajstić information content (AvgIpc) is 2.70. The summed E-state index contributed by atoms with van der Waals surface area (Å²) >= 11 is 3.38. The summed E-state index contributed by atoms with van der Waals surface area (Å²) in [5, 5.41) is 5.40. The van der Waals surface area contributed by atoms with Crippen molar-refractivity contribution in [2.45, 2.75) is 6.92 Å². The first-order valence-corrected chi connectivity index (χ1v) is 9.48. The van der Waals surface area contributed by atoms with E-state index in [1.807, 2.05) is 55.5 Å². The van der Waals surface area contributed by atoms with Crippen molar-refractivity contribution >= 4 is 33.4 Å². The van der Waals surface area contributed by atoms with Gasteiger partial charge in [0.1, 0.15) is 11.5 Å². The van der Waals surface area contributed by atoms with Gasteiger partial charge in [-0.1, -0.05) is 34.1 Å². The highest BCUT2D eigenvalue weighted by molar-refractivity contribution is 9.10. The van der Waals surface area contributed by atoms with Crippen LogP contribution in [0, 0.1) is 6.92 Å². The number of nitrogens with one attached hydrogen (secondary N) is 2.